The van der Waals surface area contributed by atoms with Crippen molar-refractivity contribution in [2.45, 2.75) is 76.4 Å². The van der Waals surface area contributed by atoms with E-state index in [4.69, 9.17) is 37.9 Å². The van der Waals surface area contributed by atoms with Crippen LogP contribution in [0.3, 0.4) is 0 Å². The molecule has 2 atom stereocenters. The zero-order chi connectivity index (χ0) is 51.0. The van der Waals surface area contributed by atoms with E-state index in [2.05, 4.69) is 48.5 Å². The molecule has 0 saturated carbocycles. The molecule has 0 spiro atoms. The van der Waals surface area contributed by atoms with Crippen LogP contribution in [0.4, 0.5) is 0 Å². The van der Waals surface area contributed by atoms with Gasteiger partial charge in [0.25, 0.3) is 0 Å². The molecule has 6 aromatic carbocycles. The second-order valence-electron chi connectivity index (χ2n) is 19.1. The van der Waals surface area contributed by atoms with Crippen LogP contribution in [-0.2, 0) is 49.2 Å². The van der Waals surface area contributed by atoms with Crippen LogP contribution in [0, 0.1) is 11.8 Å². The quantitative estimate of drug-likeness (QED) is 0.158. The average Bonchev–Trinajstić information content (AvgIpc) is 3.92. The lowest BCUT2D eigenvalue weighted by molar-refractivity contribution is -0.142. The predicted octanol–water partition coefficient (Wildman–Crippen LogP) is 13.1. The van der Waals surface area contributed by atoms with E-state index in [-0.39, 0.29) is 50.2 Å². The molecule has 0 fully saturated rings. The summed E-state index contributed by atoms with van der Waals surface area (Å²) in [5.41, 5.74) is 5.36. The molecule has 0 saturated heterocycles. The van der Waals surface area contributed by atoms with Crippen molar-refractivity contribution >= 4 is 11.9 Å². The summed E-state index contributed by atoms with van der Waals surface area (Å²) in [7, 11) is 0. The topological polar surface area (TPSA) is 108 Å². The first-order chi connectivity index (χ1) is 36.4. The zero-order valence-corrected chi connectivity index (χ0v) is 42.7. The van der Waals surface area contributed by atoms with E-state index in [9.17, 15) is 9.59 Å². The lowest BCUT2D eigenvalue weighted by Gasteiger charge is -2.37. The van der Waals surface area contributed by atoms with Crippen molar-refractivity contribution in [3.63, 3.8) is 0 Å². The Bertz CT molecular complexity index is 2520. The second-order valence-corrected chi connectivity index (χ2v) is 19.1. The van der Waals surface area contributed by atoms with Gasteiger partial charge >= 0.3 is 11.9 Å². The Morgan fingerprint density at radius 2 is 0.649 bits per heavy atom. The van der Waals surface area contributed by atoms with Crippen LogP contribution in [-0.4, -0.2) is 64.8 Å². The average molecular weight is 997 g/mol. The van der Waals surface area contributed by atoms with Gasteiger partial charge in [-0.3, -0.25) is 0 Å². The maximum atomic E-state index is 14.3. The molecule has 0 N–H and O–H groups in total. The molecule has 6 aromatic rings. The molecule has 10 nitrogen and oxygen atoms in total. The molecule has 384 valence electrons. The summed E-state index contributed by atoms with van der Waals surface area (Å²) in [5, 5.41) is 0. The molecule has 74 heavy (non-hydrogen) atoms. The third-order valence-electron chi connectivity index (χ3n) is 14.5. The molecule has 0 aliphatic carbocycles. The maximum Gasteiger partial charge on any atom is 0.337 e. The summed E-state index contributed by atoms with van der Waals surface area (Å²) < 4.78 is 49.6. The fourth-order valence-corrected chi connectivity index (χ4v) is 11.1. The van der Waals surface area contributed by atoms with E-state index >= 15 is 0 Å². The highest BCUT2D eigenvalue weighted by molar-refractivity contribution is 5.91. The summed E-state index contributed by atoms with van der Waals surface area (Å²) in [6, 6.07) is 56.8. The molecule has 10 heteroatoms. The van der Waals surface area contributed by atoms with Crippen molar-refractivity contribution in [1.29, 1.82) is 0 Å². The number of rotatable bonds is 4. The van der Waals surface area contributed by atoms with Crippen LogP contribution in [0.2, 0.25) is 0 Å². The third kappa shape index (κ3) is 11.8. The van der Waals surface area contributed by atoms with Gasteiger partial charge in [-0.25, -0.2) is 9.59 Å². The fourth-order valence-electron chi connectivity index (χ4n) is 11.1. The van der Waals surface area contributed by atoms with E-state index in [0.717, 1.165) is 96.2 Å². The van der Waals surface area contributed by atoms with Crippen molar-refractivity contribution in [2.75, 3.05) is 52.9 Å². The first-order valence-corrected chi connectivity index (χ1v) is 26.4. The van der Waals surface area contributed by atoms with Gasteiger partial charge < -0.3 is 37.9 Å². The van der Waals surface area contributed by atoms with Gasteiger partial charge in [0.1, 0.15) is 49.4 Å². The van der Waals surface area contributed by atoms with Gasteiger partial charge in [-0.1, -0.05) is 184 Å². The standard InChI is InChI=1S/C64H68O10/c1-47-59-57(63(73-47,51-21-11-7-12-22-51)52-23-13-8-14-24-52)29-19-5-3-4-6-20-30-58-60(48(2)74-64(58,53-25-15-9-16-26-53)54-27-17-10-18-28-54)62(66)72-46-42-68-40-44-70-56-37-33-50(34-38-56)49-31-35-55(36-32-49)69-43-39-67-41-45-71-61(59)65/h7-18,21-28,31-38,57-58H,3-6,19-20,29-30,39-46H2,1-2H3. The SMILES string of the molecule is CC1=C2C(=O)OCCOCCOc3ccc(cc3)-c3ccc(cc3)OCCOCCOC(=O)C3=C(C)OC(c4ccccc4)(c4ccccc4)C3CCCCCCCCC2C(c2ccccc2)(c2ccccc2)O1. The molecule has 5 heterocycles. The molecule has 0 amide bonds. The Balaban J connectivity index is 0.928. The van der Waals surface area contributed by atoms with Gasteiger partial charge in [0.15, 0.2) is 11.2 Å². The predicted molar refractivity (Wildman–Crippen MR) is 285 cm³/mol. The molecule has 5 aliphatic heterocycles. The van der Waals surface area contributed by atoms with Gasteiger partial charge in [0.05, 0.1) is 37.6 Å². The van der Waals surface area contributed by atoms with Crippen LogP contribution in [0.25, 0.3) is 11.1 Å². The molecule has 2 unspecified atom stereocenters. The minimum Gasteiger partial charge on any atom is -0.491 e. The fraction of sp³-hybridized carbons (Fsp3) is 0.344. The number of carbonyl (C=O) groups excluding carboxylic acids is 2. The van der Waals surface area contributed by atoms with E-state index in [0.29, 0.717) is 49.1 Å². The van der Waals surface area contributed by atoms with Crippen molar-refractivity contribution in [2.24, 2.45) is 11.8 Å². The highest BCUT2D eigenvalue weighted by atomic mass is 16.6. The smallest absolute Gasteiger partial charge is 0.337 e. The monoisotopic (exact) mass is 996 g/mol. The number of benzene rings is 6. The zero-order valence-electron chi connectivity index (χ0n) is 42.7. The molecular weight excluding hydrogens is 929 g/mol. The summed E-state index contributed by atoms with van der Waals surface area (Å²) >= 11 is 0. The number of hydrogen-bond acceptors (Lipinski definition) is 10. The maximum absolute atomic E-state index is 14.3. The Morgan fingerprint density at radius 3 is 0.973 bits per heavy atom. The van der Waals surface area contributed by atoms with Gasteiger partial charge in [-0.15, -0.1) is 0 Å². The molecule has 0 aromatic heterocycles. The largest absolute Gasteiger partial charge is 0.491 e. The van der Waals surface area contributed by atoms with Crippen LogP contribution in [0.5, 0.6) is 11.5 Å². The number of hydrogen-bond donors (Lipinski definition) is 0. The normalized spacial score (nSPS) is 20.7. The number of esters is 2. The summed E-state index contributed by atoms with van der Waals surface area (Å²) in [5.74, 6) is 1.26. The molecular formula is C64H68O10. The van der Waals surface area contributed by atoms with Crippen molar-refractivity contribution in [3.8, 4) is 22.6 Å². The Labute approximate surface area is 436 Å². The summed E-state index contributed by atoms with van der Waals surface area (Å²) in [6.45, 7) is 5.81. The van der Waals surface area contributed by atoms with E-state index in [1.807, 2.05) is 135 Å². The Morgan fingerprint density at radius 1 is 0.351 bits per heavy atom. The lowest BCUT2D eigenvalue weighted by atomic mass is 9.71. The van der Waals surface area contributed by atoms with Gasteiger partial charge in [-0.05, 0) is 62.1 Å². The van der Waals surface area contributed by atoms with E-state index in [1.54, 1.807) is 0 Å². The van der Waals surface area contributed by atoms with Crippen LogP contribution in [0.1, 0.15) is 87.5 Å². The van der Waals surface area contributed by atoms with Gasteiger partial charge in [0, 0.05) is 34.1 Å². The van der Waals surface area contributed by atoms with E-state index < -0.39 is 11.2 Å². The van der Waals surface area contributed by atoms with Crippen LogP contribution in [0.15, 0.2) is 193 Å². The first kappa shape index (κ1) is 51.7. The summed E-state index contributed by atoms with van der Waals surface area (Å²) in [6.07, 6.45) is 7.17. The van der Waals surface area contributed by atoms with Crippen LogP contribution < -0.4 is 9.47 Å². The van der Waals surface area contributed by atoms with Crippen molar-refractivity contribution < 1.29 is 47.5 Å². The van der Waals surface area contributed by atoms with E-state index in [1.165, 1.54) is 0 Å². The lowest BCUT2D eigenvalue weighted by Crippen LogP contribution is -2.37. The Hall–Kier alpha value is -7.14. The molecule has 4 bridgehead atoms. The van der Waals surface area contributed by atoms with Gasteiger partial charge in [-0.2, -0.15) is 0 Å². The molecule has 11 rings (SSSR count). The van der Waals surface area contributed by atoms with Gasteiger partial charge in [0.2, 0.25) is 0 Å². The van der Waals surface area contributed by atoms with Crippen molar-refractivity contribution in [3.05, 3.63) is 215 Å². The van der Waals surface area contributed by atoms with Crippen LogP contribution >= 0.6 is 0 Å². The second kappa shape index (κ2) is 25.2. The number of ether oxygens (including phenoxy) is 8. The molecule has 5 aliphatic rings. The first-order valence-electron chi connectivity index (χ1n) is 26.4. The third-order valence-corrected chi connectivity index (χ3v) is 14.5. The highest BCUT2D eigenvalue weighted by Crippen LogP contribution is 2.55. The molecule has 0 radical (unpaired) electrons. The number of carbonyl (C=O) groups is 2. The highest BCUT2D eigenvalue weighted by Gasteiger charge is 2.54. The minimum atomic E-state index is -0.911. The Kier molecular flexibility index (Phi) is 17.6. The van der Waals surface area contributed by atoms with Crippen molar-refractivity contribution in [1.82, 2.24) is 0 Å². The minimum absolute atomic E-state index is 0.0984. The summed E-state index contributed by atoms with van der Waals surface area (Å²) in [4.78, 5) is 28.5. The number of allylic oxidation sites excluding steroid dienone is 2. The number of fused-ring (bicyclic) bond motifs is 2.